The van der Waals surface area contributed by atoms with Crippen LogP contribution < -0.4 is 0 Å². The molecular formula is C9H9NO3. The van der Waals surface area contributed by atoms with Gasteiger partial charge in [-0.25, -0.2) is 0 Å². The second-order valence-electron chi connectivity index (χ2n) is 3.35. The molecule has 2 aliphatic rings. The first-order valence-corrected chi connectivity index (χ1v) is 4.10. The fourth-order valence-corrected chi connectivity index (χ4v) is 1.60. The summed E-state index contributed by atoms with van der Waals surface area (Å²) in [6.07, 6.45) is 4.01. The summed E-state index contributed by atoms with van der Waals surface area (Å²) in [6, 6.07) is 0. The molecular weight excluding hydrogens is 170 g/mol. The molecule has 1 unspecified atom stereocenters. The van der Waals surface area contributed by atoms with E-state index >= 15 is 0 Å². The lowest BCUT2D eigenvalue weighted by atomic mass is 9.92. The van der Waals surface area contributed by atoms with Crippen LogP contribution in [0.2, 0.25) is 0 Å². The summed E-state index contributed by atoms with van der Waals surface area (Å²) in [4.78, 5) is 22.5. The van der Waals surface area contributed by atoms with Gasteiger partial charge in [0.05, 0.1) is 5.57 Å². The minimum Gasteiger partial charge on any atom is -0.278 e. The van der Waals surface area contributed by atoms with Crippen molar-refractivity contribution in [3.8, 4) is 0 Å². The molecule has 4 heteroatoms. The van der Waals surface area contributed by atoms with E-state index < -0.39 is 11.8 Å². The monoisotopic (exact) mass is 179 g/mol. The van der Waals surface area contributed by atoms with E-state index in [2.05, 4.69) is 0 Å². The van der Waals surface area contributed by atoms with E-state index in [0.29, 0.717) is 17.6 Å². The van der Waals surface area contributed by atoms with Crippen molar-refractivity contribution in [3.05, 3.63) is 23.3 Å². The van der Waals surface area contributed by atoms with E-state index in [1.165, 1.54) is 0 Å². The predicted octanol–water partition coefficient (Wildman–Crippen LogP) is 0.637. The molecule has 0 aromatic carbocycles. The van der Waals surface area contributed by atoms with Crippen molar-refractivity contribution in [1.29, 1.82) is 0 Å². The minimum atomic E-state index is -0.608. The highest BCUT2D eigenvalue weighted by Gasteiger charge is 2.37. The first-order valence-electron chi connectivity index (χ1n) is 4.10. The quantitative estimate of drug-likeness (QED) is 0.438. The molecule has 1 aliphatic carbocycles. The SMILES string of the molecule is CC1C=CC2=C(C1)C(=O)N(O)C2=O. The smallest absolute Gasteiger partial charge is 0.278 e. The number of nitrogens with zero attached hydrogens (tertiary/aromatic N) is 1. The van der Waals surface area contributed by atoms with E-state index in [4.69, 9.17) is 5.21 Å². The average molecular weight is 179 g/mol. The zero-order valence-corrected chi connectivity index (χ0v) is 7.15. The third-order valence-electron chi connectivity index (χ3n) is 2.32. The maximum atomic E-state index is 11.3. The fourth-order valence-electron chi connectivity index (χ4n) is 1.60. The number of hydroxylamine groups is 2. The van der Waals surface area contributed by atoms with E-state index in [-0.39, 0.29) is 11.0 Å². The molecule has 1 N–H and O–H groups in total. The fraction of sp³-hybridized carbons (Fsp3) is 0.333. The molecule has 2 rings (SSSR count). The summed E-state index contributed by atoms with van der Waals surface area (Å²) >= 11 is 0. The second kappa shape index (κ2) is 2.53. The van der Waals surface area contributed by atoms with Gasteiger partial charge in [0, 0.05) is 5.57 Å². The van der Waals surface area contributed by atoms with Crippen molar-refractivity contribution < 1.29 is 14.8 Å². The van der Waals surface area contributed by atoms with Gasteiger partial charge in [0.2, 0.25) is 0 Å². The zero-order valence-electron chi connectivity index (χ0n) is 7.15. The molecule has 0 bridgehead atoms. The third kappa shape index (κ3) is 1.02. The molecule has 4 nitrogen and oxygen atoms in total. The standard InChI is InChI=1S/C9H9NO3/c1-5-2-3-6-7(4-5)9(12)10(13)8(6)11/h2-3,5,13H,4H2,1H3. The van der Waals surface area contributed by atoms with Gasteiger partial charge >= 0.3 is 0 Å². The molecule has 68 valence electrons. The van der Waals surface area contributed by atoms with E-state index in [1.807, 2.05) is 13.0 Å². The van der Waals surface area contributed by atoms with Gasteiger partial charge in [-0.15, -0.1) is 5.06 Å². The van der Waals surface area contributed by atoms with Crippen molar-refractivity contribution in [1.82, 2.24) is 5.06 Å². The maximum absolute atomic E-state index is 11.3. The highest BCUT2D eigenvalue weighted by Crippen LogP contribution is 2.30. The van der Waals surface area contributed by atoms with Gasteiger partial charge < -0.3 is 0 Å². The lowest BCUT2D eigenvalue weighted by molar-refractivity contribution is -0.170. The lowest BCUT2D eigenvalue weighted by Crippen LogP contribution is -2.27. The van der Waals surface area contributed by atoms with Crippen LogP contribution in [0.4, 0.5) is 0 Å². The number of amides is 2. The Morgan fingerprint density at radius 3 is 2.85 bits per heavy atom. The Morgan fingerprint density at radius 1 is 1.46 bits per heavy atom. The van der Waals surface area contributed by atoms with Crippen LogP contribution in [0, 0.1) is 5.92 Å². The van der Waals surface area contributed by atoms with Crippen LogP contribution in [0.5, 0.6) is 0 Å². The topological polar surface area (TPSA) is 57.6 Å². The van der Waals surface area contributed by atoms with Crippen molar-refractivity contribution >= 4 is 11.8 Å². The Labute approximate surface area is 75.1 Å². The molecule has 0 aromatic rings. The van der Waals surface area contributed by atoms with E-state index in [0.717, 1.165) is 0 Å². The Hall–Kier alpha value is -1.42. The molecule has 1 aliphatic heterocycles. The van der Waals surface area contributed by atoms with Crippen LogP contribution in [0.1, 0.15) is 13.3 Å². The summed E-state index contributed by atoms with van der Waals surface area (Å²) in [7, 11) is 0. The molecule has 0 radical (unpaired) electrons. The van der Waals surface area contributed by atoms with Gasteiger partial charge in [0.25, 0.3) is 11.8 Å². The minimum absolute atomic E-state index is 0.188. The Kier molecular flexibility index (Phi) is 1.60. The summed E-state index contributed by atoms with van der Waals surface area (Å²) in [6.45, 7) is 1.96. The highest BCUT2D eigenvalue weighted by atomic mass is 16.5. The number of allylic oxidation sites excluding steroid dienone is 1. The number of carbonyl (C=O) groups is 2. The number of imide groups is 1. The van der Waals surface area contributed by atoms with Gasteiger partial charge in [-0.1, -0.05) is 19.1 Å². The first kappa shape index (κ1) is 8.19. The molecule has 0 saturated heterocycles. The van der Waals surface area contributed by atoms with Crippen LogP contribution in [-0.2, 0) is 9.59 Å². The summed E-state index contributed by atoms with van der Waals surface area (Å²) in [5.74, 6) is -0.929. The maximum Gasteiger partial charge on any atom is 0.285 e. The molecule has 0 saturated carbocycles. The highest BCUT2D eigenvalue weighted by molar-refractivity contribution is 6.19. The summed E-state index contributed by atoms with van der Waals surface area (Å²) in [5, 5.41) is 9.23. The Morgan fingerprint density at radius 2 is 2.15 bits per heavy atom. The van der Waals surface area contributed by atoms with Crippen molar-refractivity contribution in [3.63, 3.8) is 0 Å². The van der Waals surface area contributed by atoms with Crippen LogP contribution >= 0.6 is 0 Å². The van der Waals surface area contributed by atoms with Crippen LogP contribution in [-0.4, -0.2) is 22.1 Å². The van der Waals surface area contributed by atoms with Crippen LogP contribution in [0.15, 0.2) is 23.3 Å². The summed E-state index contributed by atoms with van der Waals surface area (Å²) < 4.78 is 0. The number of rotatable bonds is 0. The van der Waals surface area contributed by atoms with Crippen molar-refractivity contribution in [2.45, 2.75) is 13.3 Å². The number of hydrogen-bond acceptors (Lipinski definition) is 3. The molecule has 13 heavy (non-hydrogen) atoms. The lowest BCUT2D eigenvalue weighted by Gasteiger charge is -2.10. The van der Waals surface area contributed by atoms with Gasteiger partial charge in [-0.3, -0.25) is 14.8 Å². The average Bonchev–Trinajstić information content (AvgIpc) is 2.32. The normalized spacial score (nSPS) is 27.2. The van der Waals surface area contributed by atoms with E-state index in [9.17, 15) is 9.59 Å². The molecule has 0 spiro atoms. The van der Waals surface area contributed by atoms with Gasteiger partial charge in [0.1, 0.15) is 0 Å². The Bertz CT molecular complexity index is 354. The van der Waals surface area contributed by atoms with Gasteiger partial charge in [-0.05, 0) is 12.3 Å². The van der Waals surface area contributed by atoms with Crippen molar-refractivity contribution in [2.75, 3.05) is 0 Å². The zero-order chi connectivity index (χ0) is 9.59. The van der Waals surface area contributed by atoms with Gasteiger partial charge in [0.15, 0.2) is 0 Å². The second-order valence-corrected chi connectivity index (χ2v) is 3.35. The predicted molar refractivity (Wildman–Crippen MR) is 43.6 cm³/mol. The molecule has 1 atom stereocenters. The van der Waals surface area contributed by atoms with Crippen LogP contribution in [0.25, 0.3) is 0 Å². The largest absolute Gasteiger partial charge is 0.285 e. The van der Waals surface area contributed by atoms with Crippen molar-refractivity contribution in [2.24, 2.45) is 5.92 Å². The summed E-state index contributed by atoms with van der Waals surface area (Å²) in [5.41, 5.74) is 0.771. The molecule has 0 fully saturated rings. The molecule has 0 aromatic heterocycles. The first-order chi connectivity index (χ1) is 6.11. The molecule has 2 amide bonds. The number of carbonyl (C=O) groups excluding carboxylic acids is 2. The van der Waals surface area contributed by atoms with Gasteiger partial charge in [-0.2, -0.15) is 0 Å². The number of hydrogen-bond donors (Lipinski definition) is 1. The van der Waals surface area contributed by atoms with E-state index in [1.54, 1.807) is 6.08 Å². The Balaban J connectivity index is 2.44. The molecule has 1 heterocycles. The third-order valence-corrected chi connectivity index (χ3v) is 2.32. The van der Waals surface area contributed by atoms with Crippen LogP contribution in [0.3, 0.4) is 0 Å².